The van der Waals surface area contributed by atoms with Crippen molar-refractivity contribution in [3.8, 4) is 5.75 Å². The number of amides is 2. The van der Waals surface area contributed by atoms with Gasteiger partial charge in [0.25, 0.3) is 0 Å². The summed E-state index contributed by atoms with van der Waals surface area (Å²) in [6.45, 7) is 0.164. The minimum absolute atomic E-state index is 0.133. The number of pyridine rings is 1. The maximum Gasteiger partial charge on any atom is 0.244 e. The highest BCUT2D eigenvalue weighted by atomic mass is 35.5. The highest BCUT2D eigenvalue weighted by molar-refractivity contribution is 7.80. The molecule has 0 N–H and O–H groups in total. The SMILES string of the molecule is O=C(CCS)N(C(=O)[C@@H]1COc2ccc(Cl)cc21)c1cncc2ccccc12. The third-order valence-electron chi connectivity index (χ3n) is 4.73. The van der Waals surface area contributed by atoms with E-state index in [1.54, 1.807) is 30.6 Å². The van der Waals surface area contributed by atoms with E-state index in [1.165, 1.54) is 4.90 Å². The maximum atomic E-state index is 13.5. The highest BCUT2D eigenvalue weighted by Gasteiger charge is 2.37. The van der Waals surface area contributed by atoms with Crippen LogP contribution in [-0.2, 0) is 9.59 Å². The van der Waals surface area contributed by atoms with Gasteiger partial charge in [-0.1, -0.05) is 35.9 Å². The first kappa shape index (κ1) is 18.8. The second-order valence-electron chi connectivity index (χ2n) is 6.47. The Hall–Kier alpha value is -2.57. The van der Waals surface area contributed by atoms with E-state index in [0.717, 1.165) is 10.8 Å². The highest BCUT2D eigenvalue weighted by Crippen LogP contribution is 2.38. The van der Waals surface area contributed by atoms with Crippen LogP contribution in [0.25, 0.3) is 10.8 Å². The predicted molar refractivity (Wildman–Crippen MR) is 112 cm³/mol. The molecule has 7 heteroatoms. The van der Waals surface area contributed by atoms with Crippen molar-refractivity contribution < 1.29 is 14.3 Å². The lowest BCUT2D eigenvalue weighted by Gasteiger charge is -2.24. The Labute approximate surface area is 172 Å². The van der Waals surface area contributed by atoms with Gasteiger partial charge >= 0.3 is 0 Å². The fourth-order valence-electron chi connectivity index (χ4n) is 3.41. The van der Waals surface area contributed by atoms with Crippen LogP contribution >= 0.6 is 24.2 Å². The van der Waals surface area contributed by atoms with E-state index in [2.05, 4.69) is 17.6 Å². The molecular formula is C21H17ClN2O3S. The first-order valence-corrected chi connectivity index (χ1v) is 9.84. The van der Waals surface area contributed by atoms with Crippen LogP contribution in [0.4, 0.5) is 5.69 Å². The number of carbonyl (C=O) groups is 2. The zero-order valence-corrected chi connectivity index (χ0v) is 16.5. The normalized spacial score (nSPS) is 15.1. The average molecular weight is 413 g/mol. The van der Waals surface area contributed by atoms with E-state index >= 15 is 0 Å². The largest absolute Gasteiger partial charge is 0.492 e. The minimum atomic E-state index is -0.614. The fourth-order valence-corrected chi connectivity index (χ4v) is 3.78. The number of thiol groups is 1. The summed E-state index contributed by atoms with van der Waals surface area (Å²) in [6.07, 6.45) is 3.39. The van der Waals surface area contributed by atoms with Crippen molar-refractivity contribution in [3.63, 3.8) is 0 Å². The molecule has 0 saturated heterocycles. The molecule has 1 atom stereocenters. The van der Waals surface area contributed by atoms with E-state index < -0.39 is 5.92 Å². The molecule has 1 aromatic heterocycles. The summed E-state index contributed by atoms with van der Waals surface area (Å²) in [5.41, 5.74) is 1.15. The molecule has 2 amide bonds. The molecule has 28 heavy (non-hydrogen) atoms. The first-order chi connectivity index (χ1) is 13.6. The van der Waals surface area contributed by atoms with E-state index in [1.807, 2.05) is 24.3 Å². The second-order valence-corrected chi connectivity index (χ2v) is 7.35. The van der Waals surface area contributed by atoms with Gasteiger partial charge in [0.1, 0.15) is 18.3 Å². The number of benzene rings is 2. The number of aromatic nitrogens is 1. The van der Waals surface area contributed by atoms with Crippen LogP contribution in [0.1, 0.15) is 17.9 Å². The second kappa shape index (κ2) is 7.81. The monoisotopic (exact) mass is 412 g/mol. The summed E-state index contributed by atoms with van der Waals surface area (Å²) < 4.78 is 5.65. The molecule has 2 heterocycles. The predicted octanol–water partition coefficient (Wildman–Crippen LogP) is 4.24. The molecule has 0 spiro atoms. The summed E-state index contributed by atoms with van der Waals surface area (Å²) in [5, 5.41) is 2.15. The molecule has 5 nitrogen and oxygen atoms in total. The molecule has 0 saturated carbocycles. The summed E-state index contributed by atoms with van der Waals surface area (Å²) in [6, 6.07) is 12.7. The van der Waals surface area contributed by atoms with Gasteiger partial charge in [-0.2, -0.15) is 12.6 Å². The zero-order valence-electron chi connectivity index (χ0n) is 14.8. The Balaban J connectivity index is 1.81. The molecule has 1 aliphatic heterocycles. The lowest BCUT2D eigenvalue weighted by Crippen LogP contribution is -2.41. The van der Waals surface area contributed by atoms with Crippen LogP contribution in [0.15, 0.2) is 54.9 Å². The summed E-state index contributed by atoms with van der Waals surface area (Å²) >= 11 is 10.3. The van der Waals surface area contributed by atoms with Crippen LogP contribution in [0.2, 0.25) is 5.02 Å². The lowest BCUT2D eigenvalue weighted by atomic mass is 9.99. The van der Waals surface area contributed by atoms with Crippen molar-refractivity contribution in [2.75, 3.05) is 17.3 Å². The number of rotatable bonds is 4. The number of halogens is 1. The van der Waals surface area contributed by atoms with Gasteiger partial charge in [-0.3, -0.25) is 14.6 Å². The third-order valence-corrected chi connectivity index (χ3v) is 5.19. The summed E-state index contributed by atoms with van der Waals surface area (Å²) in [4.78, 5) is 31.9. The molecular weight excluding hydrogens is 396 g/mol. The molecule has 3 aromatic rings. The van der Waals surface area contributed by atoms with Crippen LogP contribution in [-0.4, -0.2) is 29.2 Å². The van der Waals surface area contributed by atoms with Crippen molar-refractivity contribution in [1.29, 1.82) is 0 Å². The molecule has 0 unspecified atom stereocenters. The van der Waals surface area contributed by atoms with E-state index in [9.17, 15) is 9.59 Å². The van der Waals surface area contributed by atoms with Gasteiger partial charge in [-0.15, -0.1) is 0 Å². The standard InChI is InChI=1S/C21H17ClN2O3S/c22-14-5-6-19-16(9-14)17(12-27-19)21(26)24(20(25)7-8-28)18-11-23-10-13-3-1-2-4-15(13)18/h1-6,9-11,17,28H,7-8,12H2/t17-/m1/s1. The topological polar surface area (TPSA) is 59.5 Å². The Morgan fingerprint density at radius 2 is 2.04 bits per heavy atom. The van der Waals surface area contributed by atoms with Crippen molar-refractivity contribution in [3.05, 3.63) is 65.4 Å². The molecule has 4 rings (SSSR count). The molecule has 2 aromatic carbocycles. The number of nitrogens with zero attached hydrogens (tertiary/aromatic N) is 2. The summed E-state index contributed by atoms with van der Waals surface area (Å²) in [7, 11) is 0. The quantitative estimate of drug-likeness (QED) is 0.651. The smallest absolute Gasteiger partial charge is 0.244 e. The van der Waals surface area contributed by atoms with Gasteiger partial charge in [-0.25, -0.2) is 4.90 Å². The van der Waals surface area contributed by atoms with E-state index in [0.29, 0.717) is 27.8 Å². The number of anilines is 1. The number of fused-ring (bicyclic) bond motifs is 2. The Kier molecular flexibility index (Phi) is 5.24. The molecule has 0 aliphatic carbocycles. The Morgan fingerprint density at radius 3 is 2.86 bits per heavy atom. The number of imide groups is 1. The van der Waals surface area contributed by atoms with Gasteiger partial charge < -0.3 is 4.74 Å². The molecule has 0 radical (unpaired) electrons. The Bertz CT molecular complexity index is 1070. The molecule has 1 aliphatic rings. The van der Waals surface area contributed by atoms with Gasteiger partial charge in [0, 0.05) is 34.0 Å². The van der Waals surface area contributed by atoms with E-state index in [-0.39, 0.29) is 24.8 Å². The number of ether oxygens (including phenoxy) is 1. The minimum Gasteiger partial charge on any atom is -0.492 e. The maximum absolute atomic E-state index is 13.5. The number of carbonyl (C=O) groups excluding carboxylic acids is 2. The van der Waals surface area contributed by atoms with Gasteiger partial charge in [0.2, 0.25) is 11.8 Å². The zero-order chi connectivity index (χ0) is 19.7. The summed E-state index contributed by atoms with van der Waals surface area (Å²) in [5.74, 6) is -0.346. The first-order valence-electron chi connectivity index (χ1n) is 8.83. The van der Waals surface area contributed by atoms with Crippen molar-refractivity contribution in [1.82, 2.24) is 4.98 Å². The number of hydrogen-bond acceptors (Lipinski definition) is 5. The van der Waals surface area contributed by atoms with Crippen LogP contribution in [0.5, 0.6) is 5.75 Å². The van der Waals surface area contributed by atoms with Gasteiger partial charge in [-0.05, 0) is 24.0 Å². The third kappa shape index (κ3) is 3.34. The van der Waals surface area contributed by atoms with Crippen LogP contribution < -0.4 is 9.64 Å². The van der Waals surface area contributed by atoms with E-state index in [4.69, 9.17) is 16.3 Å². The fraction of sp³-hybridized carbons (Fsp3) is 0.190. The van der Waals surface area contributed by atoms with Crippen molar-refractivity contribution in [2.24, 2.45) is 0 Å². The van der Waals surface area contributed by atoms with Crippen molar-refractivity contribution in [2.45, 2.75) is 12.3 Å². The molecule has 0 fully saturated rings. The van der Waals surface area contributed by atoms with Crippen LogP contribution in [0.3, 0.4) is 0 Å². The van der Waals surface area contributed by atoms with Gasteiger partial charge in [0.15, 0.2) is 0 Å². The van der Waals surface area contributed by atoms with Crippen molar-refractivity contribution >= 4 is 52.5 Å². The lowest BCUT2D eigenvalue weighted by molar-refractivity contribution is -0.127. The average Bonchev–Trinajstić information content (AvgIpc) is 3.11. The Morgan fingerprint density at radius 1 is 1.21 bits per heavy atom. The van der Waals surface area contributed by atoms with Gasteiger partial charge in [0.05, 0.1) is 11.9 Å². The van der Waals surface area contributed by atoms with Crippen LogP contribution in [0, 0.1) is 0 Å². The number of hydrogen-bond donors (Lipinski definition) is 1. The molecule has 0 bridgehead atoms. The molecule has 142 valence electrons.